The summed E-state index contributed by atoms with van der Waals surface area (Å²) in [6, 6.07) is 7.02. The molecule has 0 saturated heterocycles. The number of aryl methyl sites for hydroxylation is 1. The molecule has 0 aliphatic rings. The molecule has 2 unspecified atom stereocenters. The van der Waals surface area contributed by atoms with Crippen molar-refractivity contribution in [1.82, 2.24) is 29.7 Å². The highest BCUT2D eigenvalue weighted by molar-refractivity contribution is 7.93. The number of nitrogens with zero attached hydrogens (tertiary/aromatic N) is 6. The van der Waals surface area contributed by atoms with Crippen LogP contribution in [0.15, 0.2) is 49.1 Å². The van der Waals surface area contributed by atoms with Crippen molar-refractivity contribution in [3.8, 4) is 28.6 Å². The third-order valence-corrected chi connectivity index (χ3v) is 7.75. The Morgan fingerprint density at radius 3 is 2.24 bits per heavy atom. The number of anilines is 1. The molecular weight excluding hydrogens is 501 g/mol. The molecule has 3 aromatic heterocycles. The number of pyridine rings is 1. The highest BCUT2D eigenvalue weighted by atomic mass is 32.2. The summed E-state index contributed by atoms with van der Waals surface area (Å²) in [7, 11) is -1.08. The Morgan fingerprint density at radius 1 is 1.00 bits per heavy atom. The largest absolute Gasteiger partial charge is 0.494 e. The minimum atomic E-state index is -4.06. The number of halogens is 1. The lowest BCUT2D eigenvalue weighted by Gasteiger charge is -2.21. The maximum Gasteiger partial charge on any atom is 0.243 e. The van der Waals surface area contributed by atoms with Crippen LogP contribution in [0.4, 0.5) is 10.3 Å². The molecule has 11 nitrogen and oxygen atoms in total. The third-order valence-electron chi connectivity index (χ3n) is 5.90. The predicted octanol–water partition coefficient (Wildman–Crippen LogP) is 3.52. The summed E-state index contributed by atoms with van der Waals surface area (Å²) < 4.78 is 55.4. The maximum atomic E-state index is 13.5. The highest BCUT2D eigenvalue weighted by Crippen LogP contribution is 2.38. The van der Waals surface area contributed by atoms with E-state index in [2.05, 4.69) is 29.9 Å². The van der Waals surface area contributed by atoms with E-state index >= 15 is 0 Å². The number of ether oxygens (including phenoxy) is 2. The van der Waals surface area contributed by atoms with Crippen molar-refractivity contribution in [3.05, 3.63) is 66.3 Å². The Hall–Kier alpha value is -4.13. The molecule has 0 spiro atoms. The summed E-state index contributed by atoms with van der Waals surface area (Å²) in [4.78, 5) is 12.1. The quantitative estimate of drug-likeness (QED) is 0.347. The topological polar surface area (TPSA) is 134 Å². The lowest BCUT2D eigenvalue weighted by molar-refractivity contribution is 0.391. The van der Waals surface area contributed by atoms with E-state index in [1.165, 1.54) is 25.7 Å². The first-order valence-corrected chi connectivity index (χ1v) is 12.8. The fourth-order valence-corrected chi connectivity index (χ4v) is 4.97. The van der Waals surface area contributed by atoms with Crippen molar-refractivity contribution < 1.29 is 22.3 Å². The minimum absolute atomic E-state index is 0.0848. The third kappa shape index (κ3) is 5.21. The van der Waals surface area contributed by atoms with Crippen LogP contribution in [-0.4, -0.2) is 57.6 Å². The van der Waals surface area contributed by atoms with Crippen LogP contribution in [0, 0.1) is 12.7 Å². The Bertz CT molecular complexity index is 1490. The van der Waals surface area contributed by atoms with E-state index in [0.29, 0.717) is 28.6 Å². The van der Waals surface area contributed by atoms with Crippen LogP contribution in [0.2, 0.25) is 0 Å². The van der Waals surface area contributed by atoms with Gasteiger partial charge in [0.05, 0.1) is 31.9 Å². The van der Waals surface area contributed by atoms with Gasteiger partial charge in [0.15, 0.2) is 11.6 Å². The molecule has 0 aliphatic heterocycles. The number of para-hydroxylation sites is 1. The van der Waals surface area contributed by atoms with Gasteiger partial charge in [-0.25, -0.2) is 22.8 Å². The molecule has 194 valence electrons. The van der Waals surface area contributed by atoms with E-state index in [4.69, 9.17) is 9.47 Å². The number of hydrogen-bond acceptors (Lipinski definition) is 9. The van der Waals surface area contributed by atoms with Gasteiger partial charge in [-0.2, -0.15) is 0 Å². The summed E-state index contributed by atoms with van der Waals surface area (Å²) >= 11 is 0. The summed E-state index contributed by atoms with van der Waals surface area (Å²) in [5.41, 5.74) is 1.88. The van der Waals surface area contributed by atoms with Gasteiger partial charge in [-0.3, -0.25) is 14.3 Å². The van der Waals surface area contributed by atoms with Crippen LogP contribution in [0.3, 0.4) is 0 Å². The average Bonchev–Trinajstić information content (AvgIpc) is 3.29. The smallest absolute Gasteiger partial charge is 0.243 e. The molecule has 1 aromatic carbocycles. The Kier molecular flexibility index (Phi) is 7.34. The van der Waals surface area contributed by atoms with Crippen molar-refractivity contribution in [2.45, 2.75) is 31.9 Å². The lowest BCUT2D eigenvalue weighted by atomic mass is 10.1. The number of sulfonamides is 1. The Morgan fingerprint density at radius 2 is 1.65 bits per heavy atom. The Balaban J connectivity index is 1.83. The Labute approximate surface area is 213 Å². The van der Waals surface area contributed by atoms with Gasteiger partial charge in [0.2, 0.25) is 16.0 Å². The van der Waals surface area contributed by atoms with Crippen LogP contribution in [0.1, 0.15) is 31.2 Å². The first-order chi connectivity index (χ1) is 17.7. The van der Waals surface area contributed by atoms with Gasteiger partial charge in [0, 0.05) is 23.9 Å². The zero-order chi connectivity index (χ0) is 26.7. The van der Waals surface area contributed by atoms with E-state index < -0.39 is 27.0 Å². The van der Waals surface area contributed by atoms with Crippen LogP contribution in [0.25, 0.3) is 17.1 Å². The molecule has 1 N–H and O–H groups in total. The van der Waals surface area contributed by atoms with Gasteiger partial charge in [-0.1, -0.05) is 13.0 Å². The van der Waals surface area contributed by atoms with Crippen LogP contribution >= 0.6 is 0 Å². The van der Waals surface area contributed by atoms with Gasteiger partial charge in [0.25, 0.3) is 0 Å². The van der Waals surface area contributed by atoms with Gasteiger partial charge < -0.3 is 9.47 Å². The second-order valence-electron chi connectivity index (χ2n) is 8.35. The van der Waals surface area contributed by atoms with E-state index in [-0.39, 0.29) is 11.8 Å². The van der Waals surface area contributed by atoms with Crippen LogP contribution in [0.5, 0.6) is 11.5 Å². The lowest BCUT2D eigenvalue weighted by Crippen LogP contribution is -2.31. The van der Waals surface area contributed by atoms with E-state index in [9.17, 15) is 12.8 Å². The number of aromatic nitrogens is 6. The molecule has 37 heavy (non-hydrogen) atoms. The molecule has 4 rings (SSSR count). The van der Waals surface area contributed by atoms with Gasteiger partial charge in [0.1, 0.15) is 23.0 Å². The monoisotopic (exact) mass is 527 g/mol. The van der Waals surface area contributed by atoms with Gasteiger partial charge in [-0.15, -0.1) is 10.2 Å². The normalized spacial score (nSPS) is 13.1. The summed E-state index contributed by atoms with van der Waals surface area (Å²) in [5, 5.41) is 7.44. The minimum Gasteiger partial charge on any atom is -0.494 e. The SMILES string of the molecule is COc1cccc(OC)c1-n1c(NS(=O)(=O)C(C)C(C)c2ncc(F)cn2)nnc1-c1cncc(C)c1. The van der Waals surface area contributed by atoms with Crippen LogP contribution < -0.4 is 14.2 Å². The molecule has 0 amide bonds. The van der Waals surface area contributed by atoms with Crippen molar-refractivity contribution in [2.75, 3.05) is 18.9 Å². The first kappa shape index (κ1) is 25.9. The van der Waals surface area contributed by atoms with E-state index in [1.807, 2.05) is 13.0 Å². The summed E-state index contributed by atoms with van der Waals surface area (Å²) in [6.07, 6.45) is 5.29. The predicted molar refractivity (Wildman–Crippen MR) is 135 cm³/mol. The first-order valence-electron chi connectivity index (χ1n) is 11.2. The molecule has 4 aromatic rings. The second-order valence-corrected chi connectivity index (χ2v) is 10.4. The molecule has 3 heterocycles. The molecular formula is C24H26FN7O4S. The summed E-state index contributed by atoms with van der Waals surface area (Å²) in [6.45, 7) is 5.04. The molecule has 0 fully saturated rings. The van der Waals surface area contributed by atoms with E-state index in [1.54, 1.807) is 37.5 Å². The molecule has 0 radical (unpaired) electrons. The molecule has 0 saturated carbocycles. The standard InChI is InChI=1S/C24H26FN7O4S/c1-14-9-17(11-26-10-14)23-29-30-24(32(23)21-19(35-4)7-6-8-20(21)36-5)31-37(33,34)16(3)15(2)22-27-12-18(25)13-28-22/h6-13,15-16H,1-5H3,(H,30,31). The number of methoxy groups -OCH3 is 2. The highest BCUT2D eigenvalue weighted by Gasteiger charge is 2.32. The van der Waals surface area contributed by atoms with Crippen LogP contribution in [-0.2, 0) is 10.0 Å². The van der Waals surface area contributed by atoms with Gasteiger partial charge in [-0.05, 0) is 37.6 Å². The maximum absolute atomic E-state index is 13.5. The molecule has 13 heteroatoms. The van der Waals surface area contributed by atoms with E-state index in [0.717, 1.165) is 18.0 Å². The number of hydrogen-bond donors (Lipinski definition) is 1. The number of rotatable bonds is 9. The van der Waals surface area contributed by atoms with Crippen molar-refractivity contribution in [1.29, 1.82) is 0 Å². The van der Waals surface area contributed by atoms with Crippen molar-refractivity contribution >= 4 is 16.0 Å². The fraction of sp³-hybridized carbons (Fsp3) is 0.292. The summed E-state index contributed by atoms with van der Waals surface area (Å²) in [5.74, 6) is -0.0289. The second kappa shape index (κ2) is 10.5. The number of nitrogens with one attached hydrogen (secondary N) is 1. The van der Waals surface area contributed by atoms with Crippen molar-refractivity contribution in [2.24, 2.45) is 0 Å². The molecule has 2 atom stereocenters. The zero-order valence-corrected chi connectivity index (χ0v) is 21.7. The fourth-order valence-electron chi connectivity index (χ4n) is 3.73. The average molecular weight is 528 g/mol. The van der Waals surface area contributed by atoms with Gasteiger partial charge >= 0.3 is 0 Å². The number of benzene rings is 1. The molecule has 0 bridgehead atoms. The zero-order valence-electron chi connectivity index (χ0n) is 20.9. The van der Waals surface area contributed by atoms with Crippen molar-refractivity contribution in [3.63, 3.8) is 0 Å². The molecule has 0 aliphatic carbocycles.